The first-order chi connectivity index (χ1) is 18.3. The number of morpholine rings is 1. The van der Waals surface area contributed by atoms with Gasteiger partial charge in [-0.25, -0.2) is 13.1 Å². The molecule has 1 aliphatic carbocycles. The fourth-order valence-corrected chi connectivity index (χ4v) is 5.70. The fourth-order valence-electron chi connectivity index (χ4n) is 4.39. The van der Waals surface area contributed by atoms with Gasteiger partial charge in [0.15, 0.2) is 0 Å². The Labute approximate surface area is 225 Å². The average Bonchev–Trinajstić information content (AvgIpc) is 3.74. The van der Waals surface area contributed by atoms with Crippen LogP contribution in [0.15, 0.2) is 59.5 Å². The Morgan fingerprint density at radius 1 is 1.03 bits per heavy atom. The van der Waals surface area contributed by atoms with Gasteiger partial charge < -0.3 is 15.0 Å². The number of nitrogens with one attached hydrogen (secondary N) is 2. The van der Waals surface area contributed by atoms with E-state index in [0.29, 0.717) is 32.7 Å². The molecule has 38 heavy (non-hydrogen) atoms. The van der Waals surface area contributed by atoms with Crippen LogP contribution in [0.25, 0.3) is 0 Å². The molecule has 2 aromatic carbocycles. The van der Waals surface area contributed by atoms with Crippen molar-refractivity contribution >= 4 is 21.8 Å². The SMILES string of the molecule is C[C@@H](C(=O)NCCN1CCOCC1)N(Cc1ccccc1)C(=O)CCc1ccc(S(=O)(=O)NC2CC2)cc1. The normalized spacial score (nSPS) is 17.1. The highest BCUT2D eigenvalue weighted by molar-refractivity contribution is 7.89. The number of nitrogens with zero attached hydrogens (tertiary/aromatic N) is 2. The van der Waals surface area contributed by atoms with Crippen LogP contribution < -0.4 is 10.0 Å². The van der Waals surface area contributed by atoms with Gasteiger partial charge in [-0.3, -0.25) is 14.5 Å². The van der Waals surface area contributed by atoms with Crippen LogP contribution in [0.5, 0.6) is 0 Å². The van der Waals surface area contributed by atoms with Crippen molar-refractivity contribution in [2.24, 2.45) is 0 Å². The monoisotopic (exact) mass is 542 g/mol. The number of rotatable bonds is 13. The number of carbonyl (C=O) groups excluding carboxylic acids is 2. The van der Waals surface area contributed by atoms with Crippen molar-refractivity contribution in [1.82, 2.24) is 19.8 Å². The van der Waals surface area contributed by atoms with E-state index in [-0.39, 0.29) is 29.2 Å². The van der Waals surface area contributed by atoms with Gasteiger partial charge in [0.1, 0.15) is 6.04 Å². The second-order valence-corrected chi connectivity index (χ2v) is 11.7. The van der Waals surface area contributed by atoms with Gasteiger partial charge in [-0.05, 0) is 49.4 Å². The van der Waals surface area contributed by atoms with Gasteiger partial charge in [0, 0.05) is 45.2 Å². The molecule has 9 nitrogen and oxygen atoms in total. The van der Waals surface area contributed by atoms with Gasteiger partial charge in [-0.1, -0.05) is 42.5 Å². The molecule has 4 rings (SSSR count). The van der Waals surface area contributed by atoms with E-state index in [4.69, 9.17) is 4.74 Å². The van der Waals surface area contributed by atoms with Gasteiger partial charge in [0.2, 0.25) is 21.8 Å². The summed E-state index contributed by atoms with van der Waals surface area (Å²) in [5.41, 5.74) is 1.82. The number of amides is 2. The van der Waals surface area contributed by atoms with Crippen LogP contribution in [0.1, 0.15) is 37.3 Å². The molecule has 206 valence electrons. The molecule has 1 saturated heterocycles. The second kappa shape index (κ2) is 13.3. The number of sulfonamides is 1. The lowest BCUT2D eigenvalue weighted by molar-refractivity contribution is -0.140. The number of carbonyl (C=O) groups is 2. The predicted molar refractivity (Wildman–Crippen MR) is 145 cm³/mol. The highest BCUT2D eigenvalue weighted by atomic mass is 32.2. The standard InChI is InChI=1S/C28H38N4O5S/c1-22(28(34)29-15-16-31-17-19-37-20-18-31)32(21-24-5-3-2-4-6-24)27(33)14-9-23-7-12-26(13-8-23)38(35,36)30-25-10-11-25/h2-8,12-13,22,25,30H,9-11,14-21H2,1H3,(H,29,34)/t22-/m0/s1. The van der Waals surface area contributed by atoms with Crippen LogP contribution in [0.3, 0.4) is 0 Å². The van der Waals surface area contributed by atoms with E-state index >= 15 is 0 Å². The summed E-state index contributed by atoms with van der Waals surface area (Å²) in [4.78, 5) is 30.5. The van der Waals surface area contributed by atoms with Gasteiger partial charge in [0.25, 0.3) is 0 Å². The molecule has 2 fully saturated rings. The van der Waals surface area contributed by atoms with Crippen LogP contribution in [0.4, 0.5) is 0 Å². The third-order valence-corrected chi connectivity index (χ3v) is 8.49. The molecule has 0 radical (unpaired) electrons. The third kappa shape index (κ3) is 8.36. The minimum absolute atomic E-state index is 0.0476. The summed E-state index contributed by atoms with van der Waals surface area (Å²) in [6.45, 7) is 6.48. The van der Waals surface area contributed by atoms with Crippen molar-refractivity contribution in [2.75, 3.05) is 39.4 Å². The number of hydrogen-bond acceptors (Lipinski definition) is 6. The Morgan fingerprint density at radius 2 is 1.71 bits per heavy atom. The minimum Gasteiger partial charge on any atom is -0.379 e. The van der Waals surface area contributed by atoms with E-state index in [1.54, 1.807) is 36.1 Å². The maximum absolute atomic E-state index is 13.4. The second-order valence-electron chi connectivity index (χ2n) is 9.97. The summed E-state index contributed by atoms with van der Waals surface area (Å²) < 4.78 is 32.9. The largest absolute Gasteiger partial charge is 0.379 e. The topological polar surface area (TPSA) is 108 Å². The van der Waals surface area contributed by atoms with Crippen LogP contribution in [-0.4, -0.2) is 81.5 Å². The number of ether oxygens (including phenoxy) is 1. The zero-order chi connectivity index (χ0) is 27.0. The molecule has 1 heterocycles. The number of aryl methyl sites for hydroxylation is 1. The van der Waals surface area contributed by atoms with Gasteiger partial charge in [-0.2, -0.15) is 0 Å². The van der Waals surface area contributed by atoms with Gasteiger partial charge >= 0.3 is 0 Å². The number of benzene rings is 2. The highest BCUT2D eigenvalue weighted by Gasteiger charge is 2.28. The summed E-state index contributed by atoms with van der Waals surface area (Å²) in [6, 6.07) is 15.7. The van der Waals surface area contributed by atoms with E-state index in [1.807, 2.05) is 30.3 Å². The lowest BCUT2D eigenvalue weighted by Crippen LogP contribution is -2.49. The van der Waals surface area contributed by atoms with Crippen molar-refractivity contribution in [3.05, 3.63) is 65.7 Å². The third-order valence-electron chi connectivity index (χ3n) is 6.95. The summed E-state index contributed by atoms with van der Waals surface area (Å²) in [5, 5.41) is 2.98. The Morgan fingerprint density at radius 3 is 2.37 bits per heavy atom. The molecular weight excluding hydrogens is 504 g/mol. The first-order valence-electron chi connectivity index (χ1n) is 13.3. The Balaban J connectivity index is 1.34. The molecule has 1 atom stereocenters. The Bertz CT molecular complexity index is 1160. The maximum Gasteiger partial charge on any atom is 0.242 e. The summed E-state index contributed by atoms with van der Waals surface area (Å²) in [5.74, 6) is -0.308. The molecule has 0 aromatic heterocycles. The van der Waals surface area contributed by atoms with E-state index in [2.05, 4.69) is 14.9 Å². The smallest absolute Gasteiger partial charge is 0.242 e. The summed E-state index contributed by atoms with van der Waals surface area (Å²) in [7, 11) is -3.51. The van der Waals surface area contributed by atoms with E-state index in [0.717, 1.165) is 43.6 Å². The molecule has 0 spiro atoms. The van der Waals surface area contributed by atoms with E-state index < -0.39 is 16.1 Å². The molecule has 10 heteroatoms. The lowest BCUT2D eigenvalue weighted by atomic mass is 10.1. The van der Waals surface area contributed by atoms with Crippen LogP contribution in [0.2, 0.25) is 0 Å². The minimum atomic E-state index is -3.51. The van der Waals surface area contributed by atoms with Crippen molar-refractivity contribution < 1.29 is 22.7 Å². The van der Waals surface area contributed by atoms with E-state index in [9.17, 15) is 18.0 Å². The van der Waals surface area contributed by atoms with Crippen LogP contribution in [0, 0.1) is 0 Å². The summed E-state index contributed by atoms with van der Waals surface area (Å²) >= 11 is 0. The molecule has 2 amide bonds. The van der Waals surface area contributed by atoms with Gasteiger partial charge in [0.05, 0.1) is 18.1 Å². The van der Waals surface area contributed by atoms with Crippen LogP contribution >= 0.6 is 0 Å². The van der Waals surface area contributed by atoms with Crippen molar-refractivity contribution in [3.63, 3.8) is 0 Å². The van der Waals surface area contributed by atoms with E-state index in [1.165, 1.54) is 0 Å². The number of hydrogen-bond donors (Lipinski definition) is 2. The van der Waals surface area contributed by atoms with Gasteiger partial charge in [-0.15, -0.1) is 0 Å². The maximum atomic E-state index is 13.4. The molecule has 1 aliphatic heterocycles. The van der Waals surface area contributed by atoms with Crippen molar-refractivity contribution in [2.45, 2.75) is 56.1 Å². The van der Waals surface area contributed by atoms with Crippen LogP contribution in [-0.2, 0) is 37.3 Å². The molecule has 2 N–H and O–H groups in total. The van der Waals surface area contributed by atoms with Crippen molar-refractivity contribution in [1.29, 1.82) is 0 Å². The fraction of sp³-hybridized carbons (Fsp3) is 0.500. The Kier molecular flexibility index (Phi) is 9.90. The zero-order valence-electron chi connectivity index (χ0n) is 22.0. The average molecular weight is 543 g/mol. The van der Waals surface area contributed by atoms with Crippen molar-refractivity contribution in [3.8, 4) is 0 Å². The lowest BCUT2D eigenvalue weighted by Gasteiger charge is -2.30. The molecule has 0 unspecified atom stereocenters. The highest BCUT2D eigenvalue weighted by Crippen LogP contribution is 2.22. The zero-order valence-corrected chi connectivity index (χ0v) is 22.8. The first-order valence-corrected chi connectivity index (χ1v) is 14.8. The quantitative estimate of drug-likeness (QED) is 0.401. The molecule has 0 bridgehead atoms. The Hall–Kier alpha value is -2.79. The predicted octanol–water partition coefficient (Wildman–Crippen LogP) is 1.93. The summed E-state index contributed by atoms with van der Waals surface area (Å²) in [6.07, 6.45) is 2.42. The first kappa shape index (κ1) is 28.2. The molecule has 2 aromatic rings. The molecule has 1 saturated carbocycles. The molecule has 2 aliphatic rings. The molecular formula is C28H38N4O5S.